The van der Waals surface area contributed by atoms with E-state index in [9.17, 15) is 0 Å². The van der Waals surface area contributed by atoms with Crippen molar-refractivity contribution in [3.05, 3.63) is 52.3 Å². The summed E-state index contributed by atoms with van der Waals surface area (Å²) in [5.74, 6) is 0. The molecule has 2 rings (SSSR count). The molecule has 0 spiro atoms. The highest BCUT2D eigenvalue weighted by molar-refractivity contribution is 5.29. The van der Waals surface area contributed by atoms with Crippen LogP contribution in [0.1, 0.15) is 27.9 Å². The van der Waals surface area contributed by atoms with Crippen LogP contribution < -0.4 is 5.32 Å². The van der Waals surface area contributed by atoms with E-state index in [0.717, 1.165) is 18.8 Å². The molecule has 0 atom stereocenters. The first-order valence-corrected chi connectivity index (χ1v) is 6.32. The van der Waals surface area contributed by atoms with E-state index >= 15 is 0 Å². The number of rotatable bonds is 4. The summed E-state index contributed by atoms with van der Waals surface area (Å²) in [6, 6.07) is 6.62. The molecule has 0 bridgehead atoms. The highest BCUT2D eigenvalue weighted by atomic mass is 15.2. The SMILES string of the molecule is Cc1ccc(CNCc2cn(C)nc2C)cc1C. The van der Waals surface area contributed by atoms with Crippen molar-refractivity contribution in [3.8, 4) is 0 Å². The number of nitrogens with one attached hydrogen (secondary N) is 1. The summed E-state index contributed by atoms with van der Waals surface area (Å²) in [6.45, 7) is 8.12. The van der Waals surface area contributed by atoms with Crippen LogP contribution in [-0.4, -0.2) is 9.78 Å². The van der Waals surface area contributed by atoms with Gasteiger partial charge in [0, 0.05) is 31.9 Å². The second-order valence-electron chi connectivity index (χ2n) is 4.94. The maximum absolute atomic E-state index is 4.34. The third kappa shape index (κ3) is 2.99. The molecule has 3 nitrogen and oxygen atoms in total. The van der Waals surface area contributed by atoms with E-state index in [1.165, 1.54) is 22.3 Å². The molecule has 0 unspecified atom stereocenters. The van der Waals surface area contributed by atoms with Crippen LogP contribution in [0.2, 0.25) is 0 Å². The zero-order valence-electron chi connectivity index (χ0n) is 11.6. The minimum Gasteiger partial charge on any atom is -0.308 e. The fraction of sp³-hybridized carbons (Fsp3) is 0.400. The zero-order chi connectivity index (χ0) is 13.1. The van der Waals surface area contributed by atoms with Crippen LogP contribution in [0.5, 0.6) is 0 Å². The third-order valence-electron chi connectivity index (χ3n) is 3.33. The molecule has 0 radical (unpaired) electrons. The largest absolute Gasteiger partial charge is 0.308 e. The van der Waals surface area contributed by atoms with Crippen LogP contribution in [0.3, 0.4) is 0 Å². The van der Waals surface area contributed by atoms with Crippen LogP contribution in [0.4, 0.5) is 0 Å². The van der Waals surface area contributed by atoms with Crippen molar-refractivity contribution in [1.82, 2.24) is 15.1 Å². The Bertz CT molecular complexity index is 541. The minimum absolute atomic E-state index is 0.868. The van der Waals surface area contributed by atoms with E-state index in [1.807, 2.05) is 18.7 Å². The smallest absolute Gasteiger partial charge is 0.0638 e. The van der Waals surface area contributed by atoms with Gasteiger partial charge in [0.15, 0.2) is 0 Å². The van der Waals surface area contributed by atoms with Crippen LogP contribution in [0.15, 0.2) is 24.4 Å². The van der Waals surface area contributed by atoms with Gasteiger partial charge < -0.3 is 5.32 Å². The topological polar surface area (TPSA) is 29.9 Å². The minimum atomic E-state index is 0.868. The van der Waals surface area contributed by atoms with Crippen molar-refractivity contribution in [3.63, 3.8) is 0 Å². The average Bonchev–Trinajstić information content (AvgIpc) is 2.63. The fourth-order valence-electron chi connectivity index (χ4n) is 2.08. The summed E-state index contributed by atoms with van der Waals surface area (Å²) < 4.78 is 1.86. The molecule has 0 saturated heterocycles. The lowest BCUT2D eigenvalue weighted by Gasteiger charge is -2.07. The Hall–Kier alpha value is -1.61. The first-order chi connectivity index (χ1) is 8.56. The van der Waals surface area contributed by atoms with Gasteiger partial charge in [0.2, 0.25) is 0 Å². The van der Waals surface area contributed by atoms with Crippen molar-refractivity contribution in [1.29, 1.82) is 0 Å². The lowest BCUT2D eigenvalue weighted by Crippen LogP contribution is -2.13. The molecule has 0 aliphatic rings. The summed E-state index contributed by atoms with van der Waals surface area (Å²) >= 11 is 0. The summed E-state index contributed by atoms with van der Waals surface area (Å²) in [5, 5.41) is 7.80. The molecule has 96 valence electrons. The molecule has 3 heteroatoms. The standard InChI is InChI=1S/C15H21N3/c1-11-5-6-14(7-12(11)2)8-16-9-15-10-18(4)17-13(15)3/h5-7,10,16H,8-9H2,1-4H3. The van der Waals surface area contributed by atoms with Crippen molar-refractivity contribution in [2.75, 3.05) is 0 Å². The van der Waals surface area contributed by atoms with Gasteiger partial charge in [0.1, 0.15) is 0 Å². The van der Waals surface area contributed by atoms with Crippen molar-refractivity contribution < 1.29 is 0 Å². The van der Waals surface area contributed by atoms with Crippen molar-refractivity contribution in [2.45, 2.75) is 33.9 Å². The van der Waals surface area contributed by atoms with Gasteiger partial charge in [0.25, 0.3) is 0 Å². The van der Waals surface area contributed by atoms with Crippen LogP contribution >= 0.6 is 0 Å². The van der Waals surface area contributed by atoms with Gasteiger partial charge in [-0.1, -0.05) is 18.2 Å². The van der Waals surface area contributed by atoms with Crippen molar-refractivity contribution >= 4 is 0 Å². The van der Waals surface area contributed by atoms with Gasteiger partial charge in [-0.05, 0) is 37.5 Å². The fourth-order valence-corrected chi connectivity index (χ4v) is 2.08. The summed E-state index contributed by atoms with van der Waals surface area (Å²) in [5.41, 5.74) is 6.40. The molecule has 0 saturated carbocycles. The van der Waals surface area contributed by atoms with E-state index in [0.29, 0.717) is 0 Å². The predicted octanol–water partition coefficient (Wildman–Crippen LogP) is 2.64. The summed E-state index contributed by atoms with van der Waals surface area (Å²) in [4.78, 5) is 0. The van der Waals surface area contributed by atoms with E-state index < -0.39 is 0 Å². The molecule has 1 aromatic heterocycles. The van der Waals surface area contributed by atoms with Crippen molar-refractivity contribution in [2.24, 2.45) is 7.05 Å². The van der Waals surface area contributed by atoms with Gasteiger partial charge >= 0.3 is 0 Å². The molecular weight excluding hydrogens is 222 g/mol. The van der Waals surface area contributed by atoms with Gasteiger partial charge in [-0.15, -0.1) is 0 Å². The first-order valence-electron chi connectivity index (χ1n) is 6.32. The normalized spacial score (nSPS) is 10.9. The second kappa shape index (κ2) is 5.36. The van der Waals surface area contributed by atoms with Crippen LogP contribution in [0, 0.1) is 20.8 Å². The number of benzene rings is 1. The molecule has 1 aromatic carbocycles. The molecule has 0 aliphatic carbocycles. The quantitative estimate of drug-likeness (QED) is 0.894. The predicted molar refractivity (Wildman–Crippen MR) is 74.4 cm³/mol. The molecular formula is C15H21N3. The Morgan fingerprint density at radius 1 is 1.11 bits per heavy atom. The number of nitrogens with zero attached hydrogens (tertiary/aromatic N) is 2. The number of aryl methyl sites for hydroxylation is 4. The number of hydrogen-bond donors (Lipinski definition) is 1. The summed E-state index contributed by atoms with van der Waals surface area (Å²) in [6.07, 6.45) is 2.07. The molecule has 0 aliphatic heterocycles. The Labute approximate surface area is 109 Å². The van der Waals surface area contributed by atoms with E-state index in [2.05, 4.69) is 48.7 Å². The number of hydrogen-bond acceptors (Lipinski definition) is 2. The Balaban J connectivity index is 1.92. The molecule has 18 heavy (non-hydrogen) atoms. The molecule has 0 fully saturated rings. The third-order valence-corrected chi connectivity index (χ3v) is 3.33. The van der Waals surface area contributed by atoms with Gasteiger partial charge in [-0.25, -0.2) is 0 Å². The second-order valence-corrected chi connectivity index (χ2v) is 4.94. The highest BCUT2D eigenvalue weighted by Gasteiger charge is 2.02. The zero-order valence-corrected chi connectivity index (χ0v) is 11.6. The van der Waals surface area contributed by atoms with Crippen LogP contribution in [0.25, 0.3) is 0 Å². The van der Waals surface area contributed by atoms with Gasteiger partial charge in [-0.3, -0.25) is 4.68 Å². The average molecular weight is 243 g/mol. The van der Waals surface area contributed by atoms with E-state index in [1.54, 1.807) is 0 Å². The van der Waals surface area contributed by atoms with Crippen LogP contribution in [-0.2, 0) is 20.1 Å². The molecule has 1 heterocycles. The Morgan fingerprint density at radius 2 is 1.89 bits per heavy atom. The van der Waals surface area contributed by atoms with Gasteiger partial charge in [0.05, 0.1) is 5.69 Å². The molecule has 0 amide bonds. The lowest BCUT2D eigenvalue weighted by molar-refractivity contribution is 0.689. The highest BCUT2D eigenvalue weighted by Crippen LogP contribution is 2.10. The summed E-state index contributed by atoms with van der Waals surface area (Å²) in [7, 11) is 1.96. The van der Waals surface area contributed by atoms with Gasteiger partial charge in [-0.2, -0.15) is 5.10 Å². The number of aromatic nitrogens is 2. The molecule has 1 N–H and O–H groups in total. The first kappa shape index (κ1) is 12.8. The Morgan fingerprint density at radius 3 is 2.50 bits per heavy atom. The maximum atomic E-state index is 4.34. The monoisotopic (exact) mass is 243 g/mol. The van der Waals surface area contributed by atoms with E-state index in [-0.39, 0.29) is 0 Å². The van der Waals surface area contributed by atoms with E-state index in [4.69, 9.17) is 0 Å². The molecule has 2 aromatic rings. The lowest BCUT2D eigenvalue weighted by atomic mass is 10.1. The Kier molecular flexibility index (Phi) is 3.82. The maximum Gasteiger partial charge on any atom is 0.0638 e.